The average molecular weight is 261 g/mol. The van der Waals surface area contributed by atoms with Gasteiger partial charge in [0, 0.05) is 25.6 Å². The Kier molecular flexibility index (Phi) is 4.97. The molecular weight excluding hydrogens is 238 g/mol. The lowest BCUT2D eigenvalue weighted by Gasteiger charge is -2.31. The highest BCUT2D eigenvalue weighted by Crippen LogP contribution is 2.33. The third-order valence-corrected chi connectivity index (χ3v) is 4.02. The van der Waals surface area contributed by atoms with Crippen molar-refractivity contribution in [3.63, 3.8) is 0 Å². The van der Waals surface area contributed by atoms with E-state index in [0.717, 1.165) is 25.8 Å². The van der Waals surface area contributed by atoms with Crippen molar-refractivity contribution in [3.8, 4) is 0 Å². The Balaban J connectivity index is 2.15. The molecule has 3 heteroatoms. The van der Waals surface area contributed by atoms with Gasteiger partial charge in [0.2, 0.25) is 5.91 Å². The minimum Gasteiger partial charge on any atom is -0.375 e. The zero-order chi connectivity index (χ0) is 13.7. The molecule has 104 valence electrons. The van der Waals surface area contributed by atoms with E-state index in [1.165, 1.54) is 5.56 Å². The number of likely N-dealkylation sites (tertiary alicyclic amines) is 1. The van der Waals surface area contributed by atoms with Crippen LogP contribution in [0.5, 0.6) is 0 Å². The minimum absolute atomic E-state index is 0.124. The summed E-state index contributed by atoms with van der Waals surface area (Å²) in [6, 6.07) is 10.9. The Morgan fingerprint density at radius 2 is 2.16 bits per heavy atom. The number of methoxy groups -OCH3 is 1. The van der Waals surface area contributed by atoms with Crippen molar-refractivity contribution < 1.29 is 9.53 Å². The second kappa shape index (κ2) is 6.71. The molecular formula is C16H23NO2. The number of nitrogens with zero attached hydrogens (tertiary/aromatic N) is 1. The number of ether oxygens (including phenoxy) is 1. The van der Waals surface area contributed by atoms with Crippen molar-refractivity contribution in [1.29, 1.82) is 0 Å². The molecule has 1 aromatic rings. The summed E-state index contributed by atoms with van der Waals surface area (Å²) < 4.78 is 4.99. The van der Waals surface area contributed by atoms with E-state index in [-0.39, 0.29) is 12.5 Å². The van der Waals surface area contributed by atoms with Crippen LogP contribution in [0.15, 0.2) is 30.3 Å². The van der Waals surface area contributed by atoms with Crippen LogP contribution in [0.3, 0.4) is 0 Å². The molecule has 0 aliphatic carbocycles. The lowest BCUT2D eigenvalue weighted by Crippen LogP contribution is -2.40. The second-order valence-corrected chi connectivity index (χ2v) is 5.16. The highest BCUT2D eigenvalue weighted by molar-refractivity contribution is 5.78. The number of amides is 1. The van der Waals surface area contributed by atoms with Crippen molar-refractivity contribution in [2.45, 2.75) is 38.1 Å². The maximum Gasteiger partial charge on any atom is 0.248 e. The summed E-state index contributed by atoms with van der Waals surface area (Å²) in [5.41, 5.74) is 1.34. The minimum atomic E-state index is 0.124. The van der Waals surface area contributed by atoms with Crippen LogP contribution in [0.4, 0.5) is 0 Å². The van der Waals surface area contributed by atoms with Gasteiger partial charge < -0.3 is 9.64 Å². The van der Waals surface area contributed by atoms with Crippen molar-refractivity contribution >= 4 is 5.91 Å². The fourth-order valence-corrected chi connectivity index (χ4v) is 3.16. The fourth-order valence-electron chi connectivity index (χ4n) is 3.16. The molecule has 1 fully saturated rings. The molecule has 1 aliphatic heterocycles. The summed E-state index contributed by atoms with van der Waals surface area (Å²) in [6.07, 6.45) is 3.26. The molecule has 1 amide bonds. The molecule has 0 radical (unpaired) electrons. The Morgan fingerprint density at radius 3 is 2.79 bits per heavy atom. The van der Waals surface area contributed by atoms with Crippen molar-refractivity contribution in [1.82, 2.24) is 4.90 Å². The molecule has 0 unspecified atom stereocenters. The van der Waals surface area contributed by atoms with Gasteiger partial charge in [0.25, 0.3) is 0 Å². The lowest BCUT2D eigenvalue weighted by atomic mass is 9.87. The topological polar surface area (TPSA) is 29.5 Å². The monoisotopic (exact) mass is 261 g/mol. The number of carbonyl (C=O) groups excluding carboxylic acids is 1. The van der Waals surface area contributed by atoms with E-state index in [9.17, 15) is 4.79 Å². The summed E-state index contributed by atoms with van der Waals surface area (Å²) in [5, 5.41) is 0. The summed E-state index contributed by atoms with van der Waals surface area (Å²) in [6.45, 7) is 3.27. The first-order chi connectivity index (χ1) is 9.27. The quantitative estimate of drug-likeness (QED) is 0.815. The smallest absolute Gasteiger partial charge is 0.248 e. The van der Waals surface area contributed by atoms with Crippen molar-refractivity contribution in [3.05, 3.63) is 35.9 Å². The van der Waals surface area contributed by atoms with Crippen LogP contribution in [0, 0.1) is 0 Å². The Labute approximate surface area is 115 Å². The highest BCUT2D eigenvalue weighted by atomic mass is 16.5. The molecule has 19 heavy (non-hydrogen) atoms. The van der Waals surface area contributed by atoms with Crippen LogP contribution >= 0.6 is 0 Å². The van der Waals surface area contributed by atoms with E-state index < -0.39 is 0 Å². The Bertz CT molecular complexity index is 404. The molecule has 1 saturated heterocycles. The molecule has 1 aromatic carbocycles. The van der Waals surface area contributed by atoms with Crippen molar-refractivity contribution in [2.75, 3.05) is 20.3 Å². The lowest BCUT2D eigenvalue weighted by molar-refractivity contribution is -0.136. The number of rotatable bonds is 5. The third-order valence-electron chi connectivity index (χ3n) is 4.02. The first-order valence-corrected chi connectivity index (χ1v) is 7.11. The fraction of sp³-hybridized carbons (Fsp3) is 0.562. The van der Waals surface area contributed by atoms with Crippen molar-refractivity contribution in [2.24, 2.45) is 0 Å². The molecule has 0 N–H and O–H groups in total. The highest BCUT2D eigenvalue weighted by Gasteiger charge is 2.34. The molecule has 3 nitrogen and oxygen atoms in total. The molecule has 1 aliphatic rings. The van der Waals surface area contributed by atoms with Gasteiger partial charge in [-0.2, -0.15) is 0 Å². The SMILES string of the molecule is CC[C@@H](c1ccccc1)[C@@H]1CCCN1C(=O)COC. The summed E-state index contributed by atoms with van der Waals surface area (Å²) in [5.74, 6) is 0.559. The van der Waals surface area contributed by atoms with E-state index in [2.05, 4.69) is 31.2 Å². The van der Waals surface area contributed by atoms with E-state index in [4.69, 9.17) is 4.74 Å². The van der Waals surface area contributed by atoms with E-state index in [1.807, 2.05) is 11.0 Å². The predicted molar refractivity (Wildman–Crippen MR) is 76.1 cm³/mol. The van der Waals surface area contributed by atoms with Crippen LogP contribution < -0.4 is 0 Å². The zero-order valence-electron chi connectivity index (χ0n) is 11.8. The van der Waals surface area contributed by atoms with Gasteiger partial charge in [0.1, 0.15) is 6.61 Å². The predicted octanol–water partition coefficient (Wildman–Crippen LogP) is 2.82. The molecule has 0 spiro atoms. The summed E-state index contributed by atoms with van der Waals surface area (Å²) in [4.78, 5) is 14.1. The van der Waals surface area contributed by atoms with Crippen LogP contribution in [0.25, 0.3) is 0 Å². The van der Waals surface area contributed by atoms with Gasteiger partial charge in [0.05, 0.1) is 0 Å². The van der Waals surface area contributed by atoms with Gasteiger partial charge in [-0.15, -0.1) is 0 Å². The third kappa shape index (κ3) is 3.16. The van der Waals surface area contributed by atoms with E-state index >= 15 is 0 Å². The van der Waals surface area contributed by atoms with E-state index in [0.29, 0.717) is 12.0 Å². The van der Waals surface area contributed by atoms with Gasteiger partial charge in [-0.25, -0.2) is 0 Å². The van der Waals surface area contributed by atoms with Crippen LogP contribution in [-0.4, -0.2) is 37.1 Å². The molecule has 0 aromatic heterocycles. The Morgan fingerprint density at radius 1 is 1.42 bits per heavy atom. The van der Waals surface area contributed by atoms with Gasteiger partial charge in [-0.3, -0.25) is 4.79 Å². The summed E-state index contributed by atoms with van der Waals surface area (Å²) in [7, 11) is 1.58. The molecule has 0 bridgehead atoms. The number of hydrogen-bond donors (Lipinski definition) is 0. The Hall–Kier alpha value is -1.35. The number of benzene rings is 1. The molecule has 2 rings (SSSR count). The second-order valence-electron chi connectivity index (χ2n) is 5.16. The summed E-state index contributed by atoms with van der Waals surface area (Å²) >= 11 is 0. The first kappa shape index (κ1) is 14.1. The van der Waals surface area contributed by atoms with Gasteiger partial charge in [0.15, 0.2) is 0 Å². The molecule has 0 saturated carbocycles. The number of carbonyl (C=O) groups is 1. The average Bonchev–Trinajstić information content (AvgIpc) is 2.90. The number of hydrogen-bond acceptors (Lipinski definition) is 2. The van der Waals surface area contributed by atoms with Gasteiger partial charge >= 0.3 is 0 Å². The largest absolute Gasteiger partial charge is 0.375 e. The van der Waals surface area contributed by atoms with Crippen LogP contribution in [0.2, 0.25) is 0 Å². The van der Waals surface area contributed by atoms with Gasteiger partial charge in [-0.05, 0) is 24.8 Å². The van der Waals surface area contributed by atoms with Gasteiger partial charge in [-0.1, -0.05) is 37.3 Å². The maximum absolute atomic E-state index is 12.1. The van der Waals surface area contributed by atoms with Crippen LogP contribution in [-0.2, 0) is 9.53 Å². The van der Waals surface area contributed by atoms with Crippen LogP contribution in [0.1, 0.15) is 37.7 Å². The zero-order valence-corrected chi connectivity index (χ0v) is 11.8. The molecule has 2 atom stereocenters. The molecule has 1 heterocycles. The van der Waals surface area contributed by atoms with E-state index in [1.54, 1.807) is 7.11 Å². The maximum atomic E-state index is 12.1. The normalized spacial score (nSPS) is 20.5. The standard InChI is InChI=1S/C16H23NO2/c1-3-14(13-8-5-4-6-9-13)15-10-7-11-17(15)16(18)12-19-2/h4-6,8-9,14-15H,3,7,10-12H2,1-2H3/t14-,15-/m0/s1. The first-order valence-electron chi connectivity index (χ1n) is 7.11.